The van der Waals surface area contributed by atoms with Gasteiger partial charge in [0.2, 0.25) is 5.91 Å². The Morgan fingerprint density at radius 1 is 1.07 bits per heavy atom. The number of para-hydroxylation sites is 2. The number of ether oxygens (including phenoxy) is 1. The van der Waals surface area contributed by atoms with Crippen LogP contribution in [-0.4, -0.2) is 40.7 Å². The third-order valence-corrected chi connectivity index (χ3v) is 4.55. The number of nitrogens with zero attached hydrogens (tertiary/aromatic N) is 3. The van der Waals surface area contributed by atoms with E-state index in [0.717, 1.165) is 4.68 Å². The Bertz CT molecular complexity index is 1220. The Morgan fingerprint density at radius 3 is 2.55 bits per heavy atom. The largest absolute Gasteiger partial charge is 0.451 e. The lowest BCUT2D eigenvalue weighted by Gasteiger charge is -2.28. The van der Waals surface area contributed by atoms with Crippen LogP contribution in [0.3, 0.4) is 0 Å². The second-order valence-corrected chi connectivity index (χ2v) is 6.44. The first-order chi connectivity index (χ1) is 14.0. The van der Waals surface area contributed by atoms with Crippen LogP contribution >= 0.6 is 0 Å². The first-order valence-corrected chi connectivity index (χ1v) is 8.78. The summed E-state index contributed by atoms with van der Waals surface area (Å²) in [6, 6.07) is 13.4. The van der Waals surface area contributed by atoms with Crippen LogP contribution in [-0.2, 0) is 21.4 Å². The molecule has 0 bridgehead atoms. The predicted molar refractivity (Wildman–Crippen MR) is 105 cm³/mol. The Hall–Kier alpha value is -4.01. The number of anilines is 2. The minimum Gasteiger partial charge on any atom is -0.451 e. The fraction of sp³-hybridized carbons (Fsp3) is 0.150. The number of carbonyl (C=O) groups excluding carboxylic acids is 3. The van der Waals surface area contributed by atoms with E-state index in [1.807, 2.05) is 0 Å². The number of hydrogen-bond donors (Lipinski definition) is 1. The maximum Gasteiger partial charge on any atom is 0.359 e. The molecule has 3 aromatic rings. The number of nitrogens with one attached hydrogen (secondary N) is 1. The molecule has 0 atom stereocenters. The molecule has 0 aliphatic carbocycles. The van der Waals surface area contributed by atoms with Gasteiger partial charge in [-0.2, -0.15) is 5.10 Å². The van der Waals surface area contributed by atoms with E-state index >= 15 is 0 Å². The third kappa shape index (κ3) is 3.33. The third-order valence-electron chi connectivity index (χ3n) is 4.55. The highest BCUT2D eigenvalue weighted by Crippen LogP contribution is 2.28. The molecule has 1 aromatic heterocycles. The molecule has 1 aliphatic heterocycles. The lowest BCUT2D eigenvalue weighted by atomic mass is 10.1. The van der Waals surface area contributed by atoms with Crippen molar-refractivity contribution in [3.8, 4) is 0 Å². The summed E-state index contributed by atoms with van der Waals surface area (Å²) in [4.78, 5) is 50.5. The van der Waals surface area contributed by atoms with Crippen LogP contribution in [0.4, 0.5) is 11.4 Å². The van der Waals surface area contributed by atoms with E-state index in [1.165, 1.54) is 11.9 Å². The van der Waals surface area contributed by atoms with Crippen molar-refractivity contribution in [2.75, 3.05) is 23.4 Å². The fourth-order valence-electron chi connectivity index (χ4n) is 3.18. The van der Waals surface area contributed by atoms with Gasteiger partial charge in [0.15, 0.2) is 12.3 Å². The number of rotatable bonds is 3. The predicted octanol–water partition coefficient (Wildman–Crippen LogP) is 1.08. The van der Waals surface area contributed by atoms with Crippen LogP contribution < -0.4 is 15.8 Å². The molecule has 1 aliphatic rings. The van der Waals surface area contributed by atoms with Gasteiger partial charge in [0.05, 0.1) is 16.8 Å². The zero-order chi connectivity index (χ0) is 20.5. The van der Waals surface area contributed by atoms with Crippen molar-refractivity contribution >= 4 is 39.9 Å². The van der Waals surface area contributed by atoms with Crippen LogP contribution in [0.2, 0.25) is 0 Å². The number of amides is 2. The first-order valence-electron chi connectivity index (χ1n) is 8.78. The summed E-state index contributed by atoms with van der Waals surface area (Å²) in [6.07, 6.45) is 0. The molecule has 0 radical (unpaired) electrons. The minimum atomic E-state index is -0.833. The molecule has 2 amide bonds. The van der Waals surface area contributed by atoms with Gasteiger partial charge >= 0.3 is 5.97 Å². The SMILES string of the molecule is Cn1nc(C(=O)OCC(=O)N2CC(=O)Nc3ccccc32)c2ccccc2c1=O. The molecule has 0 fully saturated rings. The van der Waals surface area contributed by atoms with Gasteiger partial charge in [-0.15, -0.1) is 0 Å². The van der Waals surface area contributed by atoms with Crippen molar-refractivity contribution in [3.63, 3.8) is 0 Å². The van der Waals surface area contributed by atoms with E-state index in [9.17, 15) is 19.2 Å². The van der Waals surface area contributed by atoms with E-state index in [1.54, 1.807) is 48.5 Å². The van der Waals surface area contributed by atoms with E-state index in [2.05, 4.69) is 10.4 Å². The summed E-state index contributed by atoms with van der Waals surface area (Å²) in [5.41, 5.74) is 0.629. The molecular formula is C20H16N4O5. The number of esters is 1. The molecule has 4 rings (SSSR count). The van der Waals surface area contributed by atoms with Crippen LogP contribution in [0.1, 0.15) is 10.5 Å². The van der Waals surface area contributed by atoms with Crippen molar-refractivity contribution in [1.29, 1.82) is 0 Å². The first kappa shape index (κ1) is 18.4. The van der Waals surface area contributed by atoms with Crippen molar-refractivity contribution in [2.45, 2.75) is 0 Å². The van der Waals surface area contributed by atoms with Crippen LogP contribution in [0.5, 0.6) is 0 Å². The normalized spacial score (nSPS) is 13.0. The summed E-state index contributed by atoms with van der Waals surface area (Å²) in [7, 11) is 1.43. The average Bonchev–Trinajstić information content (AvgIpc) is 2.73. The van der Waals surface area contributed by atoms with Crippen LogP contribution in [0, 0.1) is 0 Å². The van der Waals surface area contributed by atoms with Gasteiger partial charge in [-0.3, -0.25) is 19.3 Å². The second kappa shape index (κ2) is 7.19. The second-order valence-electron chi connectivity index (χ2n) is 6.44. The zero-order valence-corrected chi connectivity index (χ0v) is 15.4. The molecule has 9 heteroatoms. The van der Waals surface area contributed by atoms with Gasteiger partial charge < -0.3 is 10.1 Å². The van der Waals surface area contributed by atoms with E-state index in [-0.39, 0.29) is 23.7 Å². The molecular weight excluding hydrogens is 376 g/mol. The van der Waals surface area contributed by atoms with Gasteiger partial charge in [0, 0.05) is 12.4 Å². The van der Waals surface area contributed by atoms with Gasteiger partial charge in [0.25, 0.3) is 11.5 Å². The van der Waals surface area contributed by atoms with E-state index in [0.29, 0.717) is 22.1 Å². The number of aromatic nitrogens is 2. The molecule has 0 unspecified atom stereocenters. The summed E-state index contributed by atoms with van der Waals surface area (Å²) < 4.78 is 6.20. The lowest BCUT2D eigenvalue weighted by Crippen LogP contribution is -2.44. The molecule has 9 nitrogen and oxygen atoms in total. The van der Waals surface area contributed by atoms with E-state index < -0.39 is 18.5 Å². The molecule has 0 spiro atoms. The minimum absolute atomic E-state index is 0.0627. The highest BCUT2D eigenvalue weighted by molar-refractivity contribution is 6.11. The standard InChI is InChI=1S/C20H16N4O5/c1-23-19(27)13-7-3-2-6-12(13)18(22-23)20(28)29-11-17(26)24-10-16(25)21-14-8-4-5-9-15(14)24/h2-9H,10-11H2,1H3,(H,21,25). The molecule has 2 heterocycles. The van der Waals surface area contributed by atoms with Crippen molar-refractivity contribution in [1.82, 2.24) is 9.78 Å². The van der Waals surface area contributed by atoms with Crippen molar-refractivity contribution in [3.05, 3.63) is 64.6 Å². The number of fused-ring (bicyclic) bond motifs is 2. The maximum absolute atomic E-state index is 12.6. The van der Waals surface area contributed by atoms with Crippen molar-refractivity contribution in [2.24, 2.45) is 7.05 Å². The quantitative estimate of drug-likeness (QED) is 0.668. The monoisotopic (exact) mass is 392 g/mol. The fourth-order valence-corrected chi connectivity index (χ4v) is 3.18. The molecule has 29 heavy (non-hydrogen) atoms. The van der Waals surface area contributed by atoms with E-state index in [4.69, 9.17) is 4.74 Å². The molecule has 0 saturated heterocycles. The topological polar surface area (TPSA) is 111 Å². The number of carbonyl (C=O) groups is 3. The van der Waals surface area contributed by atoms with Crippen LogP contribution in [0.25, 0.3) is 10.8 Å². The Kier molecular flexibility index (Phi) is 4.55. The number of hydrogen-bond acceptors (Lipinski definition) is 6. The zero-order valence-electron chi connectivity index (χ0n) is 15.4. The van der Waals surface area contributed by atoms with Gasteiger partial charge in [-0.1, -0.05) is 30.3 Å². The Balaban J connectivity index is 1.56. The number of aryl methyl sites for hydroxylation is 1. The Morgan fingerprint density at radius 2 is 1.76 bits per heavy atom. The van der Waals surface area contributed by atoms with Crippen LogP contribution in [0.15, 0.2) is 53.3 Å². The highest BCUT2D eigenvalue weighted by Gasteiger charge is 2.28. The van der Waals surface area contributed by atoms with Gasteiger partial charge in [0.1, 0.15) is 6.54 Å². The summed E-state index contributed by atoms with van der Waals surface area (Å²) in [5, 5.41) is 7.33. The maximum atomic E-state index is 12.6. The van der Waals surface area contributed by atoms with Crippen molar-refractivity contribution < 1.29 is 19.1 Å². The average molecular weight is 392 g/mol. The summed E-state index contributed by atoms with van der Waals surface area (Å²) in [5.74, 6) is -1.72. The lowest BCUT2D eigenvalue weighted by molar-refractivity contribution is -0.124. The highest BCUT2D eigenvalue weighted by atomic mass is 16.5. The molecule has 146 valence electrons. The van der Waals surface area contributed by atoms with Gasteiger partial charge in [-0.25, -0.2) is 9.48 Å². The number of benzene rings is 2. The van der Waals surface area contributed by atoms with Gasteiger partial charge in [-0.05, 0) is 18.2 Å². The smallest absolute Gasteiger partial charge is 0.359 e. The molecule has 2 aromatic carbocycles. The Labute approximate surface area is 164 Å². The summed E-state index contributed by atoms with van der Waals surface area (Å²) in [6.45, 7) is -0.742. The summed E-state index contributed by atoms with van der Waals surface area (Å²) >= 11 is 0. The molecule has 0 saturated carbocycles. The molecule has 1 N–H and O–H groups in total.